The highest BCUT2D eigenvalue weighted by atomic mass is 35.5. The fourth-order valence-electron chi connectivity index (χ4n) is 2.32. The first kappa shape index (κ1) is 17.9. The summed E-state index contributed by atoms with van der Waals surface area (Å²) in [6, 6.07) is 6.28. The molecule has 1 aliphatic rings. The summed E-state index contributed by atoms with van der Waals surface area (Å²) in [4.78, 5) is 16.1. The second kappa shape index (κ2) is 8.97. The topological polar surface area (TPSA) is 35.6 Å². The minimum Gasteiger partial charge on any atom is -0.340 e. The van der Waals surface area contributed by atoms with Gasteiger partial charge >= 0.3 is 0 Å². The first-order valence-electron chi connectivity index (χ1n) is 7.06. The third-order valence-corrected chi connectivity index (χ3v) is 3.55. The van der Waals surface area contributed by atoms with Gasteiger partial charge in [-0.1, -0.05) is 12.1 Å². The van der Waals surface area contributed by atoms with Crippen LogP contribution in [0.1, 0.15) is 12.0 Å². The third-order valence-electron chi connectivity index (χ3n) is 3.55. The highest BCUT2D eigenvalue weighted by molar-refractivity contribution is 5.85. The number of likely N-dealkylation sites (N-methyl/N-ethyl adjacent to an activating group) is 1. The van der Waals surface area contributed by atoms with E-state index in [0.29, 0.717) is 13.1 Å². The van der Waals surface area contributed by atoms with Crippen molar-refractivity contribution in [1.29, 1.82) is 0 Å². The molecule has 0 aliphatic carbocycles. The van der Waals surface area contributed by atoms with Gasteiger partial charge in [-0.15, -0.1) is 12.4 Å². The zero-order valence-corrected chi connectivity index (χ0v) is 13.2. The van der Waals surface area contributed by atoms with Gasteiger partial charge in [0.05, 0.1) is 6.54 Å². The largest absolute Gasteiger partial charge is 0.340 e. The fourth-order valence-corrected chi connectivity index (χ4v) is 2.32. The molecule has 4 nitrogen and oxygen atoms in total. The smallest absolute Gasteiger partial charge is 0.236 e. The average molecular weight is 316 g/mol. The summed E-state index contributed by atoms with van der Waals surface area (Å²) in [6.45, 7) is 4.81. The molecule has 1 heterocycles. The van der Waals surface area contributed by atoms with Crippen LogP contribution < -0.4 is 5.32 Å². The molecule has 0 saturated carbocycles. The van der Waals surface area contributed by atoms with Crippen LogP contribution in [0.2, 0.25) is 0 Å². The van der Waals surface area contributed by atoms with Crippen molar-refractivity contribution in [2.75, 3.05) is 39.8 Å². The highest BCUT2D eigenvalue weighted by Crippen LogP contribution is 2.06. The molecule has 2 rings (SSSR count). The van der Waals surface area contributed by atoms with Gasteiger partial charge in [0, 0.05) is 26.7 Å². The summed E-state index contributed by atoms with van der Waals surface area (Å²) in [6.07, 6.45) is 1.08. The van der Waals surface area contributed by atoms with Gasteiger partial charge in [-0.3, -0.25) is 9.69 Å². The van der Waals surface area contributed by atoms with Crippen molar-refractivity contribution in [2.45, 2.75) is 13.0 Å². The second-order valence-electron chi connectivity index (χ2n) is 5.26. The highest BCUT2D eigenvalue weighted by Gasteiger charge is 2.15. The molecule has 0 aromatic heterocycles. The van der Waals surface area contributed by atoms with Crippen molar-refractivity contribution in [1.82, 2.24) is 15.1 Å². The first-order valence-corrected chi connectivity index (χ1v) is 7.06. The van der Waals surface area contributed by atoms with E-state index >= 15 is 0 Å². The molecule has 1 aromatic rings. The van der Waals surface area contributed by atoms with E-state index in [9.17, 15) is 9.18 Å². The summed E-state index contributed by atoms with van der Waals surface area (Å²) in [5, 5.41) is 3.32. The molecule has 1 fully saturated rings. The van der Waals surface area contributed by atoms with Gasteiger partial charge in [-0.2, -0.15) is 0 Å². The monoisotopic (exact) mass is 315 g/mol. The zero-order chi connectivity index (χ0) is 14.4. The maximum Gasteiger partial charge on any atom is 0.236 e. The van der Waals surface area contributed by atoms with Gasteiger partial charge in [0.2, 0.25) is 5.91 Å². The van der Waals surface area contributed by atoms with Crippen molar-refractivity contribution < 1.29 is 9.18 Å². The Morgan fingerprint density at radius 2 is 2.00 bits per heavy atom. The molecule has 0 atom stereocenters. The van der Waals surface area contributed by atoms with Crippen LogP contribution in [0.25, 0.3) is 0 Å². The normalized spacial score (nSPS) is 15.9. The molecule has 0 radical (unpaired) electrons. The van der Waals surface area contributed by atoms with Gasteiger partial charge in [0.1, 0.15) is 5.82 Å². The first-order chi connectivity index (χ1) is 9.65. The molecular formula is C15H23ClFN3O. The van der Waals surface area contributed by atoms with Gasteiger partial charge < -0.3 is 10.2 Å². The van der Waals surface area contributed by atoms with Crippen LogP contribution in [0.4, 0.5) is 4.39 Å². The van der Waals surface area contributed by atoms with E-state index in [0.717, 1.165) is 38.2 Å². The molecule has 6 heteroatoms. The lowest BCUT2D eigenvalue weighted by Crippen LogP contribution is -2.39. The predicted molar refractivity (Wildman–Crippen MR) is 84.0 cm³/mol. The molecule has 1 amide bonds. The van der Waals surface area contributed by atoms with E-state index in [1.807, 2.05) is 0 Å². The number of carbonyl (C=O) groups is 1. The summed E-state index contributed by atoms with van der Waals surface area (Å²) in [5.74, 6) is -0.143. The van der Waals surface area contributed by atoms with Gasteiger partial charge in [-0.05, 0) is 37.2 Å². The van der Waals surface area contributed by atoms with Crippen LogP contribution in [0.3, 0.4) is 0 Å². The van der Waals surface area contributed by atoms with Gasteiger partial charge in [0.25, 0.3) is 0 Å². The Morgan fingerprint density at radius 1 is 1.29 bits per heavy atom. The lowest BCUT2D eigenvalue weighted by molar-refractivity contribution is -0.131. The Morgan fingerprint density at radius 3 is 2.71 bits per heavy atom. The zero-order valence-electron chi connectivity index (χ0n) is 12.3. The van der Waals surface area contributed by atoms with Crippen molar-refractivity contribution in [3.05, 3.63) is 35.6 Å². The van der Waals surface area contributed by atoms with Crippen molar-refractivity contribution >= 4 is 18.3 Å². The molecule has 1 saturated heterocycles. The summed E-state index contributed by atoms with van der Waals surface area (Å²) in [7, 11) is 1.79. The van der Waals surface area contributed by atoms with Crippen LogP contribution in [0, 0.1) is 5.82 Å². The van der Waals surface area contributed by atoms with Crippen LogP contribution in [0.15, 0.2) is 24.3 Å². The number of rotatable bonds is 4. The van der Waals surface area contributed by atoms with Crippen LogP contribution >= 0.6 is 12.4 Å². The molecule has 0 bridgehead atoms. The maximum absolute atomic E-state index is 12.8. The maximum atomic E-state index is 12.8. The molecule has 118 valence electrons. The van der Waals surface area contributed by atoms with E-state index in [2.05, 4.69) is 10.2 Å². The Kier molecular flexibility index (Phi) is 7.64. The molecule has 0 unspecified atom stereocenters. The number of hydrogen-bond acceptors (Lipinski definition) is 3. The van der Waals surface area contributed by atoms with E-state index in [-0.39, 0.29) is 24.1 Å². The van der Waals surface area contributed by atoms with E-state index in [1.54, 1.807) is 24.1 Å². The molecule has 21 heavy (non-hydrogen) atoms. The summed E-state index contributed by atoms with van der Waals surface area (Å²) >= 11 is 0. The lowest BCUT2D eigenvalue weighted by atomic mass is 10.2. The number of amides is 1. The Labute approximate surface area is 131 Å². The molecular weight excluding hydrogens is 293 g/mol. The van der Waals surface area contributed by atoms with Gasteiger partial charge in [0.15, 0.2) is 0 Å². The molecule has 0 spiro atoms. The summed E-state index contributed by atoms with van der Waals surface area (Å²) in [5.41, 5.74) is 0.944. The standard InChI is InChI=1S/C15H22FN3O.ClH/c1-18(11-13-3-5-14(16)6-4-13)15(20)12-19-9-2-7-17-8-10-19;/h3-6,17H,2,7-12H2,1H3;1H. The van der Waals surface area contributed by atoms with Crippen molar-refractivity contribution in [3.8, 4) is 0 Å². The Hall–Kier alpha value is -1.17. The van der Waals surface area contributed by atoms with E-state index < -0.39 is 0 Å². The SMILES string of the molecule is CN(Cc1ccc(F)cc1)C(=O)CN1CCCNCC1.Cl. The van der Waals surface area contributed by atoms with Crippen LogP contribution in [0.5, 0.6) is 0 Å². The summed E-state index contributed by atoms with van der Waals surface area (Å²) < 4.78 is 12.8. The number of carbonyl (C=O) groups excluding carboxylic acids is 1. The minimum absolute atomic E-state index is 0. The molecule has 1 N–H and O–H groups in total. The molecule has 1 aliphatic heterocycles. The molecule has 1 aromatic carbocycles. The Bertz CT molecular complexity index is 433. The second-order valence-corrected chi connectivity index (χ2v) is 5.26. The van der Waals surface area contributed by atoms with Crippen molar-refractivity contribution in [2.24, 2.45) is 0 Å². The van der Waals surface area contributed by atoms with Crippen LogP contribution in [-0.4, -0.2) is 55.5 Å². The predicted octanol–water partition coefficient (Wildman–Crippen LogP) is 1.50. The number of halogens is 2. The number of hydrogen-bond donors (Lipinski definition) is 1. The quantitative estimate of drug-likeness (QED) is 0.914. The minimum atomic E-state index is -0.250. The Balaban J connectivity index is 0.00000220. The van der Waals surface area contributed by atoms with E-state index in [4.69, 9.17) is 0 Å². The average Bonchev–Trinajstić information content (AvgIpc) is 2.70. The number of nitrogens with one attached hydrogen (secondary N) is 1. The van der Waals surface area contributed by atoms with Crippen molar-refractivity contribution in [3.63, 3.8) is 0 Å². The number of benzene rings is 1. The van der Waals surface area contributed by atoms with Gasteiger partial charge in [-0.25, -0.2) is 4.39 Å². The third kappa shape index (κ3) is 5.99. The fraction of sp³-hybridized carbons (Fsp3) is 0.533. The van der Waals surface area contributed by atoms with Crippen LogP contribution in [-0.2, 0) is 11.3 Å². The van der Waals surface area contributed by atoms with E-state index in [1.165, 1.54) is 12.1 Å². The number of nitrogens with zero attached hydrogens (tertiary/aromatic N) is 2. The lowest BCUT2D eigenvalue weighted by Gasteiger charge is -2.23.